The van der Waals surface area contributed by atoms with Gasteiger partial charge in [0.25, 0.3) is 10.1 Å². The molecule has 0 saturated carbocycles. The summed E-state index contributed by atoms with van der Waals surface area (Å²) >= 11 is 5.02. The normalized spacial score (nSPS) is 13.9. The fourth-order valence-electron chi connectivity index (χ4n) is 0.451. The highest BCUT2D eigenvalue weighted by molar-refractivity contribution is 7.87. The quantitative estimate of drug-likeness (QED) is 0.379. The molecule has 0 saturated heterocycles. The summed E-state index contributed by atoms with van der Waals surface area (Å²) in [7, 11) is -2.67. The number of ether oxygens (including phenoxy) is 1. The molecule has 0 N–H and O–H groups in total. The fourth-order valence-corrected chi connectivity index (χ4v) is 1.18. The number of esters is 1. The van der Waals surface area contributed by atoms with Gasteiger partial charge in [0, 0.05) is 0 Å². The Kier molecular flexibility index (Phi) is 4.51. The lowest BCUT2D eigenvalue weighted by Crippen LogP contribution is -2.25. The summed E-state index contributed by atoms with van der Waals surface area (Å²) in [6, 6.07) is 0. The lowest BCUT2D eigenvalue weighted by Gasteiger charge is -2.08. The highest BCUT2D eigenvalue weighted by Crippen LogP contribution is 2.03. The lowest BCUT2D eigenvalue weighted by atomic mass is 10.4. The lowest BCUT2D eigenvalue weighted by molar-refractivity contribution is -0.147. The average Bonchev–Trinajstić information content (AvgIpc) is 2.02. The number of carbonyl (C=O) groups is 1. The van der Waals surface area contributed by atoms with E-state index in [1.54, 1.807) is 0 Å². The van der Waals surface area contributed by atoms with Crippen LogP contribution < -0.4 is 0 Å². The highest BCUT2D eigenvalue weighted by Gasteiger charge is 2.21. The summed E-state index contributed by atoms with van der Waals surface area (Å²) in [5.74, 6) is -0.760. The van der Waals surface area contributed by atoms with Crippen molar-refractivity contribution in [2.75, 3.05) is 12.3 Å². The Hall–Kier alpha value is -0.330. The molecule has 0 rings (SSSR count). The van der Waals surface area contributed by atoms with Crippen LogP contribution in [-0.4, -0.2) is 32.8 Å². The van der Waals surface area contributed by atoms with Crippen molar-refractivity contribution >= 4 is 27.7 Å². The van der Waals surface area contributed by atoms with E-state index in [4.69, 9.17) is 11.6 Å². The first-order valence-corrected chi connectivity index (χ1v) is 5.09. The zero-order valence-corrected chi connectivity index (χ0v) is 8.18. The minimum absolute atomic E-state index is 0.686. The Balaban J connectivity index is 4.19. The first-order chi connectivity index (χ1) is 5.43. The molecule has 0 amide bonds. The third-order valence-corrected chi connectivity index (χ3v) is 2.61. The SMILES string of the molecule is COC(=O)[C@@H](C)OS(=O)(=O)CCl. The minimum Gasteiger partial charge on any atom is -0.467 e. The smallest absolute Gasteiger partial charge is 0.336 e. The molecule has 0 aliphatic carbocycles. The summed E-state index contributed by atoms with van der Waals surface area (Å²) in [5, 5.41) is -0.686. The second-order valence-corrected chi connectivity index (χ2v) is 4.11. The van der Waals surface area contributed by atoms with E-state index in [0.29, 0.717) is 0 Å². The maximum atomic E-state index is 10.7. The van der Waals surface area contributed by atoms with Crippen LogP contribution in [0.1, 0.15) is 6.92 Å². The number of carbonyl (C=O) groups excluding carboxylic acids is 1. The van der Waals surface area contributed by atoms with Gasteiger partial charge in [0.1, 0.15) is 5.21 Å². The summed E-state index contributed by atoms with van der Waals surface area (Å²) < 4.78 is 29.9. The maximum Gasteiger partial charge on any atom is 0.336 e. The molecule has 72 valence electrons. The molecule has 0 unspecified atom stereocenters. The van der Waals surface area contributed by atoms with Gasteiger partial charge in [-0.05, 0) is 6.92 Å². The van der Waals surface area contributed by atoms with Crippen LogP contribution in [0.25, 0.3) is 0 Å². The summed E-state index contributed by atoms with van der Waals surface area (Å²) in [4.78, 5) is 10.7. The predicted molar refractivity (Wildman–Crippen MR) is 42.2 cm³/mol. The average molecular weight is 217 g/mol. The van der Waals surface area contributed by atoms with Crippen molar-refractivity contribution in [1.29, 1.82) is 0 Å². The molecule has 0 aromatic rings. The van der Waals surface area contributed by atoms with Crippen molar-refractivity contribution in [3.63, 3.8) is 0 Å². The third-order valence-electron chi connectivity index (χ3n) is 0.958. The van der Waals surface area contributed by atoms with Gasteiger partial charge in [-0.3, -0.25) is 4.18 Å². The van der Waals surface area contributed by atoms with Crippen LogP contribution in [0.5, 0.6) is 0 Å². The minimum atomic E-state index is -3.81. The molecule has 5 nitrogen and oxygen atoms in total. The van der Waals surface area contributed by atoms with Crippen LogP contribution in [0, 0.1) is 0 Å². The first-order valence-electron chi connectivity index (χ1n) is 2.97. The number of hydrogen-bond acceptors (Lipinski definition) is 5. The molecule has 0 radical (unpaired) electrons. The number of methoxy groups -OCH3 is 1. The van der Waals surface area contributed by atoms with E-state index in [0.717, 1.165) is 7.11 Å². The van der Waals surface area contributed by atoms with E-state index in [1.807, 2.05) is 0 Å². The van der Waals surface area contributed by atoms with Crippen LogP contribution in [0.2, 0.25) is 0 Å². The van der Waals surface area contributed by atoms with E-state index in [1.165, 1.54) is 6.92 Å². The van der Waals surface area contributed by atoms with Crippen LogP contribution >= 0.6 is 11.6 Å². The monoisotopic (exact) mass is 216 g/mol. The first kappa shape index (κ1) is 11.7. The molecule has 0 aromatic heterocycles. The Morgan fingerprint density at radius 1 is 1.58 bits per heavy atom. The van der Waals surface area contributed by atoms with Gasteiger partial charge in [0.2, 0.25) is 0 Å². The second kappa shape index (κ2) is 4.64. The van der Waals surface area contributed by atoms with Gasteiger partial charge < -0.3 is 4.74 Å². The molecule has 0 aliphatic rings. The van der Waals surface area contributed by atoms with E-state index in [2.05, 4.69) is 8.92 Å². The molecule has 0 bridgehead atoms. The van der Waals surface area contributed by atoms with E-state index in [9.17, 15) is 13.2 Å². The number of halogens is 1. The molecule has 1 atom stereocenters. The third kappa shape index (κ3) is 3.89. The van der Waals surface area contributed by atoms with Crippen molar-refractivity contribution in [3.8, 4) is 0 Å². The van der Waals surface area contributed by atoms with E-state index < -0.39 is 27.4 Å². The number of alkyl halides is 1. The Bertz CT molecular complexity index is 247. The van der Waals surface area contributed by atoms with E-state index in [-0.39, 0.29) is 0 Å². The number of hydrogen-bond donors (Lipinski definition) is 0. The fraction of sp³-hybridized carbons (Fsp3) is 0.800. The van der Waals surface area contributed by atoms with Gasteiger partial charge in [-0.1, -0.05) is 0 Å². The molecular weight excluding hydrogens is 208 g/mol. The van der Waals surface area contributed by atoms with Gasteiger partial charge in [-0.25, -0.2) is 4.79 Å². The maximum absolute atomic E-state index is 10.7. The zero-order chi connectivity index (χ0) is 9.78. The van der Waals surface area contributed by atoms with Crippen LogP contribution in [0.15, 0.2) is 0 Å². The van der Waals surface area contributed by atoms with Gasteiger partial charge in [0.15, 0.2) is 6.10 Å². The Labute approximate surface area is 75.7 Å². The van der Waals surface area contributed by atoms with Crippen molar-refractivity contribution in [3.05, 3.63) is 0 Å². The van der Waals surface area contributed by atoms with Crippen LogP contribution in [0.3, 0.4) is 0 Å². The molecule has 0 spiro atoms. The molecular formula is C5H9ClO5S. The molecule has 0 fully saturated rings. The van der Waals surface area contributed by atoms with Crippen LogP contribution in [-0.2, 0) is 23.8 Å². The van der Waals surface area contributed by atoms with Gasteiger partial charge >= 0.3 is 5.97 Å². The predicted octanol–water partition coefficient (Wildman–Crippen LogP) is 0.0906. The Morgan fingerprint density at radius 3 is 2.42 bits per heavy atom. The van der Waals surface area contributed by atoms with Gasteiger partial charge in [-0.2, -0.15) is 8.42 Å². The van der Waals surface area contributed by atoms with Crippen molar-refractivity contribution in [1.82, 2.24) is 0 Å². The molecule has 12 heavy (non-hydrogen) atoms. The van der Waals surface area contributed by atoms with Crippen molar-refractivity contribution in [2.45, 2.75) is 13.0 Å². The molecule has 0 heterocycles. The topological polar surface area (TPSA) is 69.7 Å². The van der Waals surface area contributed by atoms with Gasteiger partial charge in [-0.15, -0.1) is 11.6 Å². The van der Waals surface area contributed by atoms with Gasteiger partial charge in [0.05, 0.1) is 7.11 Å². The Morgan fingerprint density at radius 2 is 2.08 bits per heavy atom. The van der Waals surface area contributed by atoms with Crippen LogP contribution in [0.4, 0.5) is 0 Å². The number of rotatable bonds is 4. The standard InChI is InChI=1S/C5H9ClO5S/c1-4(5(7)10-2)11-12(8,9)3-6/h4H,3H2,1-2H3/t4-/m1/s1. The molecule has 0 aromatic carbocycles. The second-order valence-electron chi connectivity index (χ2n) is 1.93. The van der Waals surface area contributed by atoms with E-state index >= 15 is 0 Å². The summed E-state index contributed by atoms with van der Waals surface area (Å²) in [5.41, 5.74) is 0. The van der Waals surface area contributed by atoms with Crippen molar-refractivity contribution in [2.24, 2.45) is 0 Å². The molecule has 7 heteroatoms. The van der Waals surface area contributed by atoms with Crippen molar-refractivity contribution < 1.29 is 22.1 Å². The highest BCUT2D eigenvalue weighted by atomic mass is 35.5. The molecule has 0 aliphatic heterocycles. The largest absolute Gasteiger partial charge is 0.467 e. The summed E-state index contributed by atoms with van der Waals surface area (Å²) in [6.07, 6.45) is -1.15. The zero-order valence-electron chi connectivity index (χ0n) is 6.61. The summed E-state index contributed by atoms with van der Waals surface area (Å²) in [6.45, 7) is 1.26.